The molecule has 2 N–H and O–H groups in total. The summed E-state index contributed by atoms with van der Waals surface area (Å²) in [4.78, 5) is 28.4. The minimum absolute atomic E-state index is 0. The van der Waals surface area contributed by atoms with Crippen LogP contribution in [0.15, 0.2) is 42.7 Å². The fraction of sp³-hybridized carbons (Fsp3) is 0.167. The maximum absolute atomic E-state index is 12.0. The van der Waals surface area contributed by atoms with Crippen molar-refractivity contribution in [3.63, 3.8) is 0 Å². The summed E-state index contributed by atoms with van der Waals surface area (Å²) >= 11 is 0. The Morgan fingerprint density at radius 2 is 1.85 bits per heavy atom. The molecule has 0 fully saturated rings. The summed E-state index contributed by atoms with van der Waals surface area (Å²) in [6, 6.07) is 10.8. The smallest absolute Gasteiger partial charge is 0.261 e. The molecule has 8 nitrogen and oxygen atoms in total. The van der Waals surface area contributed by atoms with Gasteiger partial charge in [-0.3, -0.25) is 14.9 Å². The Morgan fingerprint density at radius 1 is 1.07 bits per heavy atom. The van der Waals surface area contributed by atoms with Crippen LogP contribution in [0, 0.1) is 0 Å². The fourth-order valence-electron chi connectivity index (χ4n) is 2.89. The van der Waals surface area contributed by atoms with E-state index in [1.807, 2.05) is 30.5 Å². The van der Waals surface area contributed by atoms with Gasteiger partial charge in [-0.25, -0.2) is 4.98 Å². The van der Waals surface area contributed by atoms with Crippen LogP contribution >= 0.6 is 12.4 Å². The molecule has 9 heteroatoms. The second-order valence-electron chi connectivity index (χ2n) is 6.20. The number of pyridine rings is 1. The zero-order chi connectivity index (χ0) is 18.3. The van der Waals surface area contributed by atoms with E-state index in [1.165, 1.54) is 0 Å². The summed E-state index contributed by atoms with van der Waals surface area (Å²) in [7, 11) is 0. The van der Waals surface area contributed by atoms with E-state index >= 15 is 0 Å². The van der Waals surface area contributed by atoms with E-state index in [4.69, 9.17) is 0 Å². The van der Waals surface area contributed by atoms with Crippen LogP contribution < -0.4 is 10.6 Å². The molecule has 0 atom stereocenters. The first-order chi connectivity index (χ1) is 12.5. The summed E-state index contributed by atoms with van der Waals surface area (Å²) < 4.78 is 1.93. The number of anilines is 2. The Bertz CT molecular complexity index is 1030. The van der Waals surface area contributed by atoms with Crippen molar-refractivity contribution in [2.45, 2.75) is 19.9 Å². The molecule has 0 bridgehead atoms. The van der Waals surface area contributed by atoms with E-state index in [9.17, 15) is 9.59 Å². The topological polar surface area (TPSA) is 102 Å². The summed E-state index contributed by atoms with van der Waals surface area (Å²) in [5, 5.41) is 13.5. The lowest BCUT2D eigenvalue weighted by Gasteiger charge is -2.12. The van der Waals surface area contributed by atoms with Gasteiger partial charge < -0.3 is 9.88 Å². The maximum atomic E-state index is 12.0. The summed E-state index contributed by atoms with van der Waals surface area (Å²) in [5.74, 6) is 0.403. The molecule has 27 heavy (non-hydrogen) atoms. The molecule has 2 aromatic heterocycles. The van der Waals surface area contributed by atoms with Crippen molar-refractivity contribution < 1.29 is 9.59 Å². The standard InChI is InChI=1S/C18H16N6O2.ClH/c1-10(2)24-9-19-23-16(24)13-7-4-8-14(21-13)20-12-6-3-5-11-15(12)18(26)22-17(11)25;/h3-10H,1-2H3,(H,20,21)(H,22,25,26);1H. The number of hydrogen-bond acceptors (Lipinski definition) is 6. The molecular weight excluding hydrogens is 368 g/mol. The van der Waals surface area contributed by atoms with E-state index in [1.54, 1.807) is 30.6 Å². The van der Waals surface area contributed by atoms with Gasteiger partial charge in [-0.1, -0.05) is 12.1 Å². The summed E-state index contributed by atoms with van der Waals surface area (Å²) in [6.45, 7) is 4.08. The number of amides is 2. The highest BCUT2D eigenvalue weighted by Crippen LogP contribution is 2.27. The zero-order valence-electron chi connectivity index (χ0n) is 14.6. The molecule has 3 heterocycles. The highest BCUT2D eigenvalue weighted by atomic mass is 35.5. The highest BCUT2D eigenvalue weighted by molar-refractivity contribution is 6.24. The molecule has 4 rings (SSSR count). The van der Waals surface area contributed by atoms with Crippen molar-refractivity contribution in [2.24, 2.45) is 0 Å². The monoisotopic (exact) mass is 384 g/mol. The van der Waals surface area contributed by atoms with E-state index < -0.39 is 5.91 Å². The van der Waals surface area contributed by atoms with Gasteiger partial charge in [0.1, 0.15) is 17.8 Å². The Kier molecular flexibility index (Phi) is 4.91. The molecule has 3 aromatic rings. The van der Waals surface area contributed by atoms with E-state index in [-0.39, 0.29) is 24.4 Å². The quantitative estimate of drug-likeness (QED) is 0.670. The van der Waals surface area contributed by atoms with Crippen molar-refractivity contribution in [1.82, 2.24) is 25.1 Å². The number of rotatable bonds is 4. The first-order valence-electron chi connectivity index (χ1n) is 8.17. The number of carbonyl (C=O) groups is 2. The van der Waals surface area contributed by atoms with Crippen LogP contribution in [-0.2, 0) is 0 Å². The first kappa shape index (κ1) is 18.5. The van der Waals surface area contributed by atoms with Gasteiger partial charge in [-0.2, -0.15) is 0 Å². The lowest BCUT2D eigenvalue weighted by Crippen LogP contribution is -2.20. The minimum atomic E-state index is -0.413. The molecule has 0 saturated heterocycles. The van der Waals surface area contributed by atoms with Gasteiger partial charge in [0, 0.05) is 6.04 Å². The van der Waals surface area contributed by atoms with Crippen molar-refractivity contribution >= 4 is 35.7 Å². The number of hydrogen-bond donors (Lipinski definition) is 2. The predicted molar refractivity (Wildman–Crippen MR) is 102 cm³/mol. The van der Waals surface area contributed by atoms with Crippen molar-refractivity contribution in [1.29, 1.82) is 0 Å². The van der Waals surface area contributed by atoms with Gasteiger partial charge >= 0.3 is 0 Å². The van der Waals surface area contributed by atoms with Crippen molar-refractivity contribution in [2.75, 3.05) is 5.32 Å². The second kappa shape index (κ2) is 7.16. The molecule has 1 aromatic carbocycles. The fourth-order valence-corrected chi connectivity index (χ4v) is 2.89. The van der Waals surface area contributed by atoms with E-state index in [2.05, 4.69) is 25.8 Å². The summed E-state index contributed by atoms with van der Waals surface area (Å²) in [6.07, 6.45) is 1.67. The third kappa shape index (κ3) is 3.26. The number of aromatic nitrogens is 4. The molecule has 1 aliphatic heterocycles. The van der Waals surface area contributed by atoms with Crippen molar-refractivity contribution in [3.8, 4) is 11.5 Å². The number of halogens is 1. The van der Waals surface area contributed by atoms with Crippen LogP contribution in [0.2, 0.25) is 0 Å². The number of benzene rings is 1. The molecule has 0 spiro atoms. The molecular formula is C18H17ClN6O2. The SMILES string of the molecule is CC(C)n1cnnc1-c1cccc(Nc2cccc3c2C(=O)NC3=O)n1.Cl. The number of fused-ring (bicyclic) bond motifs is 1. The highest BCUT2D eigenvalue weighted by Gasteiger charge is 2.29. The van der Waals surface area contributed by atoms with Crippen LogP contribution in [0.1, 0.15) is 40.6 Å². The van der Waals surface area contributed by atoms with Crippen LogP contribution in [0.3, 0.4) is 0 Å². The van der Waals surface area contributed by atoms with Gasteiger partial charge in [0.25, 0.3) is 11.8 Å². The predicted octanol–water partition coefficient (Wildman–Crippen LogP) is 2.97. The second-order valence-corrected chi connectivity index (χ2v) is 6.20. The average Bonchev–Trinajstić information content (AvgIpc) is 3.21. The third-order valence-electron chi connectivity index (χ3n) is 4.13. The van der Waals surface area contributed by atoms with Crippen LogP contribution in [0.5, 0.6) is 0 Å². The van der Waals surface area contributed by atoms with Crippen molar-refractivity contribution in [3.05, 3.63) is 53.9 Å². The molecule has 138 valence electrons. The van der Waals surface area contributed by atoms with Gasteiger partial charge in [0.05, 0.1) is 16.8 Å². The Balaban J connectivity index is 0.00000210. The normalized spacial score (nSPS) is 12.6. The molecule has 1 aliphatic rings. The van der Waals surface area contributed by atoms with Gasteiger partial charge in [-0.05, 0) is 38.1 Å². The lowest BCUT2D eigenvalue weighted by atomic mass is 10.1. The first-order valence-corrected chi connectivity index (χ1v) is 8.17. The molecule has 0 saturated carbocycles. The molecule has 0 unspecified atom stereocenters. The Hall–Kier alpha value is -3.26. The Morgan fingerprint density at radius 3 is 2.63 bits per heavy atom. The van der Waals surface area contributed by atoms with Crippen LogP contribution in [-0.4, -0.2) is 31.6 Å². The van der Waals surface area contributed by atoms with E-state index in [0.29, 0.717) is 34.2 Å². The molecule has 2 amide bonds. The number of nitrogens with one attached hydrogen (secondary N) is 2. The number of imide groups is 1. The van der Waals surface area contributed by atoms with Gasteiger partial charge in [-0.15, -0.1) is 22.6 Å². The zero-order valence-corrected chi connectivity index (χ0v) is 15.4. The molecule has 0 aliphatic carbocycles. The third-order valence-corrected chi connectivity index (χ3v) is 4.13. The van der Waals surface area contributed by atoms with E-state index in [0.717, 1.165) is 0 Å². The lowest BCUT2D eigenvalue weighted by molar-refractivity contribution is 0.0880. The minimum Gasteiger partial charge on any atom is -0.340 e. The Labute approximate surface area is 161 Å². The van der Waals surface area contributed by atoms with Crippen LogP contribution in [0.4, 0.5) is 11.5 Å². The summed E-state index contributed by atoms with van der Waals surface area (Å²) in [5.41, 5.74) is 1.88. The number of nitrogens with zero attached hydrogens (tertiary/aromatic N) is 4. The maximum Gasteiger partial charge on any atom is 0.261 e. The van der Waals surface area contributed by atoms with Crippen LogP contribution in [0.25, 0.3) is 11.5 Å². The largest absolute Gasteiger partial charge is 0.340 e. The average molecular weight is 385 g/mol. The molecule has 0 radical (unpaired) electrons. The van der Waals surface area contributed by atoms with Gasteiger partial charge in [0.2, 0.25) is 0 Å². The van der Waals surface area contributed by atoms with Gasteiger partial charge in [0.15, 0.2) is 5.82 Å². The number of carbonyl (C=O) groups excluding carboxylic acids is 2.